The zero-order valence-corrected chi connectivity index (χ0v) is 16.7. The van der Waals surface area contributed by atoms with Gasteiger partial charge in [0.05, 0.1) is 13.2 Å². The van der Waals surface area contributed by atoms with Gasteiger partial charge in [0.1, 0.15) is 23.9 Å². The average molecular weight is 371 g/mol. The number of benzene rings is 2. The fourth-order valence-corrected chi connectivity index (χ4v) is 2.60. The molecule has 2 aromatic rings. The van der Waals surface area contributed by atoms with Crippen molar-refractivity contribution in [3.8, 4) is 17.2 Å². The van der Waals surface area contributed by atoms with Gasteiger partial charge in [-0.15, -0.1) is 0 Å². The normalized spacial score (nSPS) is 13.0. The number of nitrogens with one attached hydrogen (secondary N) is 1. The van der Waals surface area contributed by atoms with E-state index in [0.29, 0.717) is 12.5 Å². The summed E-state index contributed by atoms with van der Waals surface area (Å²) in [5.41, 5.74) is 1.09. The molecule has 0 aliphatic heterocycles. The van der Waals surface area contributed by atoms with Gasteiger partial charge < -0.3 is 19.5 Å². The lowest BCUT2D eigenvalue weighted by atomic mass is 10.0. The molecule has 27 heavy (non-hydrogen) atoms. The maximum absolute atomic E-state index is 12.4. The molecule has 0 heterocycles. The SMILES string of the molecule is COc1ccc(OC[C@H](C)NC(=O)[C@H](C)Oc2ccccc2C(C)C)cc1. The maximum Gasteiger partial charge on any atom is 0.261 e. The zero-order valence-electron chi connectivity index (χ0n) is 16.7. The summed E-state index contributed by atoms with van der Waals surface area (Å²) in [6.45, 7) is 8.23. The van der Waals surface area contributed by atoms with E-state index in [9.17, 15) is 4.79 Å². The zero-order chi connectivity index (χ0) is 19.8. The van der Waals surface area contributed by atoms with E-state index < -0.39 is 6.10 Å². The van der Waals surface area contributed by atoms with E-state index in [4.69, 9.17) is 14.2 Å². The highest BCUT2D eigenvalue weighted by atomic mass is 16.5. The number of ether oxygens (including phenoxy) is 3. The number of para-hydroxylation sites is 1. The molecular formula is C22H29NO4. The Morgan fingerprint density at radius 3 is 2.22 bits per heavy atom. The highest BCUT2D eigenvalue weighted by Crippen LogP contribution is 2.26. The Morgan fingerprint density at radius 2 is 1.59 bits per heavy atom. The van der Waals surface area contributed by atoms with E-state index in [1.54, 1.807) is 14.0 Å². The van der Waals surface area contributed by atoms with Crippen molar-refractivity contribution in [2.45, 2.75) is 45.8 Å². The van der Waals surface area contributed by atoms with Crippen LogP contribution in [0.4, 0.5) is 0 Å². The molecule has 2 rings (SSSR count). The molecule has 0 saturated carbocycles. The van der Waals surface area contributed by atoms with E-state index in [0.717, 1.165) is 22.8 Å². The maximum atomic E-state index is 12.4. The first-order valence-corrected chi connectivity index (χ1v) is 9.23. The van der Waals surface area contributed by atoms with Gasteiger partial charge in [0.25, 0.3) is 5.91 Å². The fourth-order valence-electron chi connectivity index (χ4n) is 2.60. The summed E-state index contributed by atoms with van der Waals surface area (Å²) >= 11 is 0. The van der Waals surface area contributed by atoms with E-state index in [1.807, 2.05) is 55.5 Å². The van der Waals surface area contributed by atoms with Crippen molar-refractivity contribution in [1.82, 2.24) is 5.32 Å². The number of hydrogen-bond donors (Lipinski definition) is 1. The molecule has 0 radical (unpaired) electrons. The second-order valence-electron chi connectivity index (χ2n) is 6.85. The lowest BCUT2D eigenvalue weighted by Gasteiger charge is -2.21. The number of methoxy groups -OCH3 is 1. The van der Waals surface area contributed by atoms with E-state index in [1.165, 1.54) is 0 Å². The first-order chi connectivity index (χ1) is 12.9. The molecule has 0 aromatic heterocycles. The van der Waals surface area contributed by atoms with Crippen molar-refractivity contribution in [2.75, 3.05) is 13.7 Å². The molecule has 0 saturated heterocycles. The second-order valence-corrected chi connectivity index (χ2v) is 6.85. The molecule has 5 nitrogen and oxygen atoms in total. The van der Waals surface area contributed by atoms with Crippen LogP contribution in [0.15, 0.2) is 48.5 Å². The van der Waals surface area contributed by atoms with Crippen molar-refractivity contribution >= 4 is 5.91 Å². The Bertz CT molecular complexity index is 727. The van der Waals surface area contributed by atoms with Gasteiger partial charge in [-0.25, -0.2) is 0 Å². The summed E-state index contributed by atoms with van der Waals surface area (Å²) < 4.78 is 16.7. The van der Waals surface area contributed by atoms with Crippen LogP contribution in [0.25, 0.3) is 0 Å². The topological polar surface area (TPSA) is 56.8 Å². The number of carbonyl (C=O) groups is 1. The summed E-state index contributed by atoms with van der Waals surface area (Å²) in [5.74, 6) is 2.41. The van der Waals surface area contributed by atoms with Gasteiger partial charge in [0.2, 0.25) is 0 Å². The fraction of sp³-hybridized carbons (Fsp3) is 0.409. The molecule has 0 fully saturated rings. The van der Waals surface area contributed by atoms with Crippen LogP contribution in [0, 0.1) is 0 Å². The number of hydrogen-bond acceptors (Lipinski definition) is 4. The highest BCUT2D eigenvalue weighted by molar-refractivity contribution is 5.81. The monoisotopic (exact) mass is 371 g/mol. The molecular weight excluding hydrogens is 342 g/mol. The minimum atomic E-state index is -0.590. The lowest BCUT2D eigenvalue weighted by Crippen LogP contribution is -2.43. The third-order valence-electron chi connectivity index (χ3n) is 4.16. The Labute approximate surface area is 161 Å². The molecule has 146 valence electrons. The molecule has 2 atom stereocenters. The molecule has 1 amide bonds. The molecule has 0 bridgehead atoms. The minimum Gasteiger partial charge on any atom is -0.497 e. The summed E-state index contributed by atoms with van der Waals surface area (Å²) in [6, 6.07) is 15.0. The van der Waals surface area contributed by atoms with Gasteiger partial charge >= 0.3 is 0 Å². The number of carbonyl (C=O) groups excluding carboxylic acids is 1. The second kappa shape index (κ2) is 9.86. The Balaban J connectivity index is 1.84. The largest absolute Gasteiger partial charge is 0.497 e. The van der Waals surface area contributed by atoms with Crippen LogP contribution >= 0.6 is 0 Å². The number of amides is 1. The molecule has 1 N–H and O–H groups in total. The summed E-state index contributed by atoms with van der Waals surface area (Å²) in [6.07, 6.45) is -0.590. The van der Waals surface area contributed by atoms with Crippen LogP contribution in [-0.2, 0) is 4.79 Å². The molecule has 0 aliphatic carbocycles. The summed E-state index contributed by atoms with van der Waals surface area (Å²) in [4.78, 5) is 12.4. The van der Waals surface area contributed by atoms with E-state index in [2.05, 4.69) is 19.2 Å². The standard InChI is InChI=1S/C22H29NO4/c1-15(2)20-8-6-7-9-21(20)27-17(4)22(24)23-16(3)14-26-19-12-10-18(25-5)11-13-19/h6-13,15-17H,14H2,1-5H3,(H,23,24)/t16-,17-/m0/s1. The first kappa shape index (κ1) is 20.6. The van der Waals surface area contributed by atoms with Gasteiger partial charge in [0, 0.05) is 0 Å². The van der Waals surface area contributed by atoms with E-state index >= 15 is 0 Å². The van der Waals surface area contributed by atoms with Crippen molar-refractivity contribution in [2.24, 2.45) is 0 Å². The molecule has 0 aliphatic rings. The molecule has 0 unspecified atom stereocenters. The van der Waals surface area contributed by atoms with Crippen molar-refractivity contribution in [3.63, 3.8) is 0 Å². The highest BCUT2D eigenvalue weighted by Gasteiger charge is 2.19. The predicted octanol–water partition coefficient (Wildman–Crippen LogP) is 4.17. The quantitative estimate of drug-likeness (QED) is 0.719. The van der Waals surface area contributed by atoms with Crippen molar-refractivity contribution in [1.29, 1.82) is 0 Å². The third-order valence-corrected chi connectivity index (χ3v) is 4.16. The third kappa shape index (κ3) is 6.20. The van der Waals surface area contributed by atoms with Crippen LogP contribution in [-0.4, -0.2) is 31.8 Å². The Morgan fingerprint density at radius 1 is 0.963 bits per heavy atom. The van der Waals surface area contributed by atoms with Gasteiger partial charge in [-0.2, -0.15) is 0 Å². The minimum absolute atomic E-state index is 0.147. The van der Waals surface area contributed by atoms with E-state index in [-0.39, 0.29) is 11.9 Å². The average Bonchev–Trinajstić information content (AvgIpc) is 2.67. The lowest BCUT2D eigenvalue weighted by molar-refractivity contribution is -0.128. The number of rotatable bonds is 9. The van der Waals surface area contributed by atoms with Gasteiger partial charge in [-0.3, -0.25) is 4.79 Å². The van der Waals surface area contributed by atoms with Crippen molar-refractivity contribution < 1.29 is 19.0 Å². The van der Waals surface area contributed by atoms with Gasteiger partial charge in [0.15, 0.2) is 6.10 Å². The Hall–Kier alpha value is -2.69. The van der Waals surface area contributed by atoms with Crippen LogP contribution in [0.1, 0.15) is 39.2 Å². The predicted molar refractivity (Wildman–Crippen MR) is 107 cm³/mol. The van der Waals surface area contributed by atoms with Gasteiger partial charge in [-0.1, -0.05) is 32.0 Å². The summed E-state index contributed by atoms with van der Waals surface area (Å²) in [7, 11) is 1.62. The van der Waals surface area contributed by atoms with Crippen LogP contribution < -0.4 is 19.5 Å². The van der Waals surface area contributed by atoms with Crippen LogP contribution in [0.3, 0.4) is 0 Å². The van der Waals surface area contributed by atoms with Crippen molar-refractivity contribution in [3.05, 3.63) is 54.1 Å². The first-order valence-electron chi connectivity index (χ1n) is 9.23. The Kier molecular flexibility index (Phi) is 7.53. The van der Waals surface area contributed by atoms with Gasteiger partial charge in [-0.05, 0) is 55.7 Å². The summed E-state index contributed by atoms with van der Waals surface area (Å²) in [5, 5.41) is 2.93. The smallest absolute Gasteiger partial charge is 0.261 e. The van der Waals surface area contributed by atoms with Crippen LogP contribution in [0.2, 0.25) is 0 Å². The molecule has 0 spiro atoms. The molecule has 2 aromatic carbocycles. The van der Waals surface area contributed by atoms with Crippen LogP contribution in [0.5, 0.6) is 17.2 Å². The molecule has 5 heteroatoms.